The van der Waals surface area contributed by atoms with Crippen LogP contribution in [0.15, 0.2) is 22.7 Å². The standard InChI is InChI=1S/C15H21BrN2O/c1-10-4-3-5-13(14(10)16)15(19)18-8-6-12(7-9-18)11(2)17/h3-5,11-12H,6-9,17H2,1-2H3. The van der Waals surface area contributed by atoms with Crippen molar-refractivity contribution in [1.82, 2.24) is 4.90 Å². The number of carbonyl (C=O) groups excluding carboxylic acids is 1. The van der Waals surface area contributed by atoms with Crippen molar-refractivity contribution in [3.05, 3.63) is 33.8 Å². The van der Waals surface area contributed by atoms with Crippen LogP contribution in [0.3, 0.4) is 0 Å². The van der Waals surface area contributed by atoms with Gasteiger partial charge in [0, 0.05) is 23.6 Å². The Hall–Kier alpha value is -0.870. The van der Waals surface area contributed by atoms with Gasteiger partial charge in [0.2, 0.25) is 0 Å². The lowest BCUT2D eigenvalue weighted by molar-refractivity contribution is 0.0680. The fourth-order valence-electron chi connectivity index (χ4n) is 2.61. The first-order valence-corrected chi connectivity index (χ1v) is 7.60. The molecule has 0 radical (unpaired) electrons. The first kappa shape index (κ1) is 14.5. The molecular formula is C15H21BrN2O. The zero-order chi connectivity index (χ0) is 14.0. The summed E-state index contributed by atoms with van der Waals surface area (Å²) in [6, 6.07) is 6.05. The lowest BCUT2D eigenvalue weighted by atomic mass is 9.90. The summed E-state index contributed by atoms with van der Waals surface area (Å²) in [5.41, 5.74) is 7.79. The van der Waals surface area contributed by atoms with Gasteiger partial charge in [-0.05, 0) is 60.2 Å². The van der Waals surface area contributed by atoms with Gasteiger partial charge in [0.15, 0.2) is 0 Å². The van der Waals surface area contributed by atoms with Gasteiger partial charge >= 0.3 is 0 Å². The summed E-state index contributed by atoms with van der Waals surface area (Å²) in [6.45, 7) is 5.68. The molecule has 1 aromatic carbocycles. The summed E-state index contributed by atoms with van der Waals surface area (Å²) in [6.07, 6.45) is 2.01. The van der Waals surface area contributed by atoms with Crippen LogP contribution in [0.2, 0.25) is 0 Å². The highest BCUT2D eigenvalue weighted by Crippen LogP contribution is 2.25. The quantitative estimate of drug-likeness (QED) is 0.909. The molecular weight excluding hydrogens is 304 g/mol. The minimum absolute atomic E-state index is 0.124. The van der Waals surface area contributed by atoms with Crippen molar-refractivity contribution >= 4 is 21.8 Å². The number of rotatable bonds is 2. The van der Waals surface area contributed by atoms with Crippen LogP contribution in [-0.2, 0) is 0 Å². The second-order valence-electron chi connectivity index (χ2n) is 5.43. The van der Waals surface area contributed by atoms with Crippen LogP contribution >= 0.6 is 15.9 Å². The van der Waals surface area contributed by atoms with Gasteiger partial charge in [0.05, 0.1) is 5.56 Å². The van der Waals surface area contributed by atoms with E-state index < -0.39 is 0 Å². The molecule has 1 heterocycles. The molecule has 1 atom stereocenters. The minimum Gasteiger partial charge on any atom is -0.339 e. The topological polar surface area (TPSA) is 46.3 Å². The zero-order valence-corrected chi connectivity index (χ0v) is 13.1. The molecule has 1 aliphatic rings. The first-order valence-electron chi connectivity index (χ1n) is 6.80. The smallest absolute Gasteiger partial charge is 0.255 e. The van der Waals surface area contributed by atoms with Crippen LogP contribution in [-0.4, -0.2) is 29.9 Å². The second kappa shape index (κ2) is 6.06. The van der Waals surface area contributed by atoms with Crippen molar-refractivity contribution in [3.8, 4) is 0 Å². The largest absolute Gasteiger partial charge is 0.339 e. The molecule has 1 aliphatic heterocycles. The minimum atomic E-state index is 0.124. The number of hydrogen-bond acceptors (Lipinski definition) is 2. The van der Waals surface area contributed by atoms with Gasteiger partial charge in [-0.3, -0.25) is 4.79 Å². The Morgan fingerprint density at radius 1 is 1.42 bits per heavy atom. The van der Waals surface area contributed by atoms with Gasteiger partial charge in [0.1, 0.15) is 0 Å². The van der Waals surface area contributed by atoms with Crippen LogP contribution in [0.1, 0.15) is 35.7 Å². The Bertz CT molecular complexity index is 465. The molecule has 2 N–H and O–H groups in total. The van der Waals surface area contributed by atoms with E-state index in [2.05, 4.69) is 22.9 Å². The Kier molecular flexibility index (Phi) is 4.63. The van der Waals surface area contributed by atoms with E-state index in [4.69, 9.17) is 5.73 Å². The molecule has 1 aromatic rings. The Morgan fingerprint density at radius 2 is 2.05 bits per heavy atom. The maximum atomic E-state index is 12.5. The molecule has 3 nitrogen and oxygen atoms in total. The highest BCUT2D eigenvalue weighted by atomic mass is 79.9. The number of piperidine rings is 1. The van der Waals surface area contributed by atoms with E-state index in [9.17, 15) is 4.79 Å². The molecule has 0 spiro atoms. The lowest BCUT2D eigenvalue weighted by Gasteiger charge is -2.34. The molecule has 0 bridgehead atoms. The molecule has 1 fully saturated rings. The SMILES string of the molecule is Cc1cccc(C(=O)N2CCC(C(C)N)CC2)c1Br. The Morgan fingerprint density at radius 3 is 2.63 bits per heavy atom. The summed E-state index contributed by atoms with van der Waals surface area (Å²) < 4.78 is 0.911. The molecule has 1 unspecified atom stereocenters. The molecule has 4 heteroatoms. The molecule has 1 saturated heterocycles. The molecule has 104 valence electrons. The molecule has 2 rings (SSSR count). The summed E-state index contributed by atoms with van der Waals surface area (Å²) in [5, 5.41) is 0. The van der Waals surface area contributed by atoms with Gasteiger partial charge in [-0.2, -0.15) is 0 Å². The Balaban J connectivity index is 2.07. The number of nitrogens with zero attached hydrogens (tertiary/aromatic N) is 1. The Labute approximate surface area is 123 Å². The van der Waals surface area contributed by atoms with Gasteiger partial charge in [-0.15, -0.1) is 0 Å². The fourth-order valence-corrected chi connectivity index (χ4v) is 3.05. The normalized spacial score (nSPS) is 18.4. The monoisotopic (exact) mass is 324 g/mol. The predicted octanol–water partition coefficient (Wildman–Crippen LogP) is 2.96. The third-order valence-electron chi connectivity index (χ3n) is 3.99. The van der Waals surface area contributed by atoms with Crippen molar-refractivity contribution < 1.29 is 4.79 Å². The van der Waals surface area contributed by atoms with Crippen molar-refractivity contribution in [1.29, 1.82) is 0 Å². The number of aryl methyl sites for hydroxylation is 1. The average molecular weight is 325 g/mol. The van der Waals surface area contributed by atoms with Gasteiger partial charge in [-0.1, -0.05) is 12.1 Å². The van der Waals surface area contributed by atoms with E-state index in [0.29, 0.717) is 5.92 Å². The lowest BCUT2D eigenvalue weighted by Crippen LogP contribution is -2.42. The predicted molar refractivity (Wildman–Crippen MR) is 81.2 cm³/mol. The van der Waals surface area contributed by atoms with E-state index >= 15 is 0 Å². The number of likely N-dealkylation sites (tertiary alicyclic amines) is 1. The van der Waals surface area contributed by atoms with E-state index in [1.807, 2.05) is 30.0 Å². The summed E-state index contributed by atoms with van der Waals surface area (Å²) in [5.74, 6) is 0.670. The maximum Gasteiger partial charge on any atom is 0.255 e. The molecule has 0 aliphatic carbocycles. The van der Waals surface area contributed by atoms with Crippen molar-refractivity contribution in [3.63, 3.8) is 0 Å². The van der Waals surface area contributed by atoms with Crippen LogP contribution in [0, 0.1) is 12.8 Å². The highest BCUT2D eigenvalue weighted by Gasteiger charge is 2.26. The summed E-state index contributed by atoms with van der Waals surface area (Å²) in [7, 11) is 0. The van der Waals surface area contributed by atoms with Gasteiger partial charge < -0.3 is 10.6 Å². The van der Waals surface area contributed by atoms with Crippen molar-refractivity contribution in [2.75, 3.05) is 13.1 Å². The number of benzene rings is 1. The van der Waals surface area contributed by atoms with Gasteiger partial charge in [0.25, 0.3) is 5.91 Å². The molecule has 0 saturated carbocycles. The van der Waals surface area contributed by atoms with E-state index in [0.717, 1.165) is 41.5 Å². The number of hydrogen-bond donors (Lipinski definition) is 1. The zero-order valence-electron chi connectivity index (χ0n) is 11.5. The molecule has 0 aromatic heterocycles. The summed E-state index contributed by atoms with van der Waals surface area (Å²) in [4.78, 5) is 14.5. The first-order chi connectivity index (χ1) is 9.00. The highest BCUT2D eigenvalue weighted by molar-refractivity contribution is 9.10. The molecule has 1 amide bonds. The van der Waals surface area contributed by atoms with Crippen molar-refractivity contribution in [2.24, 2.45) is 11.7 Å². The third kappa shape index (κ3) is 3.18. The fraction of sp³-hybridized carbons (Fsp3) is 0.533. The third-order valence-corrected chi connectivity index (χ3v) is 5.05. The number of amides is 1. The van der Waals surface area contributed by atoms with Crippen LogP contribution in [0.4, 0.5) is 0 Å². The number of nitrogens with two attached hydrogens (primary N) is 1. The van der Waals surface area contributed by atoms with Crippen LogP contribution < -0.4 is 5.73 Å². The molecule has 19 heavy (non-hydrogen) atoms. The van der Waals surface area contributed by atoms with Crippen molar-refractivity contribution in [2.45, 2.75) is 32.7 Å². The van der Waals surface area contributed by atoms with Crippen LogP contribution in [0.5, 0.6) is 0 Å². The van der Waals surface area contributed by atoms with E-state index in [1.165, 1.54) is 0 Å². The van der Waals surface area contributed by atoms with E-state index in [1.54, 1.807) is 0 Å². The van der Waals surface area contributed by atoms with Crippen LogP contribution in [0.25, 0.3) is 0 Å². The van der Waals surface area contributed by atoms with E-state index in [-0.39, 0.29) is 11.9 Å². The maximum absolute atomic E-state index is 12.5. The average Bonchev–Trinajstić information content (AvgIpc) is 2.41. The number of halogens is 1. The summed E-state index contributed by atoms with van der Waals surface area (Å²) >= 11 is 3.51. The second-order valence-corrected chi connectivity index (χ2v) is 6.22. The van der Waals surface area contributed by atoms with Gasteiger partial charge in [-0.25, -0.2) is 0 Å². The number of carbonyl (C=O) groups is 1.